The highest BCUT2D eigenvalue weighted by molar-refractivity contribution is 14.0. The molecule has 0 bridgehead atoms. The van der Waals surface area contributed by atoms with Crippen LogP contribution >= 0.6 is 24.0 Å². The van der Waals surface area contributed by atoms with Crippen LogP contribution in [0.2, 0.25) is 0 Å². The summed E-state index contributed by atoms with van der Waals surface area (Å²) < 4.78 is 4.14. The Morgan fingerprint density at radius 3 is 2.85 bits per heavy atom. The molecule has 0 radical (unpaired) electrons. The van der Waals surface area contributed by atoms with Gasteiger partial charge in [0.05, 0.1) is 12.2 Å². The summed E-state index contributed by atoms with van der Waals surface area (Å²) in [6.07, 6.45) is 9.54. The standard InChI is InChI=1S/C19H30N6.HI/c1-5-20-19(21-11-15-8-9-24(4)12-15)22-17-7-6-16-13-25(14(2)3)23-18(16)10-17;/h8-9,12-14,17H,5-7,10-11H2,1-4H3,(H2,20,21,22);1H. The molecule has 0 saturated heterocycles. The van der Waals surface area contributed by atoms with Crippen LogP contribution in [0, 0.1) is 0 Å². The van der Waals surface area contributed by atoms with Crippen LogP contribution in [0.1, 0.15) is 50.1 Å². The van der Waals surface area contributed by atoms with E-state index in [0.717, 1.165) is 31.8 Å². The number of rotatable bonds is 5. The van der Waals surface area contributed by atoms with Gasteiger partial charge in [0.2, 0.25) is 0 Å². The van der Waals surface area contributed by atoms with Crippen molar-refractivity contribution in [1.29, 1.82) is 0 Å². The lowest BCUT2D eigenvalue weighted by molar-refractivity contribution is 0.499. The van der Waals surface area contributed by atoms with Crippen LogP contribution in [0.3, 0.4) is 0 Å². The molecule has 0 aliphatic heterocycles. The lowest BCUT2D eigenvalue weighted by Crippen LogP contribution is -2.45. The summed E-state index contributed by atoms with van der Waals surface area (Å²) in [7, 11) is 2.03. The van der Waals surface area contributed by atoms with E-state index in [1.54, 1.807) is 0 Å². The first-order valence-electron chi connectivity index (χ1n) is 9.27. The first-order chi connectivity index (χ1) is 12.0. The van der Waals surface area contributed by atoms with E-state index in [0.29, 0.717) is 18.6 Å². The maximum absolute atomic E-state index is 4.76. The Morgan fingerprint density at radius 2 is 2.19 bits per heavy atom. The molecule has 2 aromatic rings. The molecule has 0 aromatic carbocycles. The summed E-state index contributed by atoms with van der Waals surface area (Å²) in [5, 5.41) is 11.7. The molecule has 3 rings (SSSR count). The highest BCUT2D eigenvalue weighted by Crippen LogP contribution is 2.21. The summed E-state index contributed by atoms with van der Waals surface area (Å²) in [6, 6.07) is 2.91. The van der Waals surface area contributed by atoms with E-state index < -0.39 is 0 Å². The summed E-state index contributed by atoms with van der Waals surface area (Å²) in [6.45, 7) is 8.00. The van der Waals surface area contributed by atoms with Gasteiger partial charge in [-0.05, 0) is 50.8 Å². The molecular formula is C19H31IN6. The van der Waals surface area contributed by atoms with Gasteiger partial charge in [0, 0.05) is 50.7 Å². The Hall–Kier alpha value is -1.51. The predicted octanol–water partition coefficient (Wildman–Crippen LogP) is 3.03. The summed E-state index contributed by atoms with van der Waals surface area (Å²) in [4.78, 5) is 4.74. The van der Waals surface area contributed by atoms with Crippen LogP contribution in [0.25, 0.3) is 0 Å². The molecule has 1 aliphatic rings. The van der Waals surface area contributed by atoms with E-state index in [9.17, 15) is 0 Å². The van der Waals surface area contributed by atoms with Gasteiger partial charge >= 0.3 is 0 Å². The first-order valence-corrected chi connectivity index (χ1v) is 9.27. The Balaban J connectivity index is 0.00000243. The van der Waals surface area contributed by atoms with Crippen molar-refractivity contribution in [2.75, 3.05) is 6.54 Å². The summed E-state index contributed by atoms with van der Waals surface area (Å²) in [5.74, 6) is 0.892. The number of nitrogens with zero attached hydrogens (tertiary/aromatic N) is 4. The van der Waals surface area contributed by atoms with Gasteiger partial charge in [0.25, 0.3) is 0 Å². The molecule has 0 amide bonds. The van der Waals surface area contributed by atoms with Crippen LogP contribution < -0.4 is 10.6 Å². The van der Waals surface area contributed by atoms with Gasteiger partial charge in [-0.15, -0.1) is 24.0 Å². The number of fused-ring (bicyclic) bond motifs is 1. The minimum atomic E-state index is 0. The van der Waals surface area contributed by atoms with E-state index in [2.05, 4.69) is 65.3 Å². The molecule has 0 fully saturated rings. The normalized spacial score (nSPS) is 17.0. The Bertz CT molecular complexity index is 730. The fourth-order valence-corrected chi connectivity index (χ4v) is 3.24. The van der Waals surface area contributed by atoms with Gasteiger partial charge < -0.3 is 15.2 Å². The average molecular weight is 470 g/mol. The minimum absolute atomic E-state index is 0. The van der Waals surface area contributed by atoms with Gasteiger partial charge in [-0.1, -0.05) is 0 Å². The topological polar surface area (TPSA) is 59.2 Å². The van der Waals surface area contributed by atoms with Gasteiger partial charge in [-0.25, -0.2) is 4.99 Å². The molecule has 2 aromatic heterocycles. The number of hydrogen-bond acceptors (Lipinski definition) is 2. The zero-order valence-corrected chi connectivity index (χ0v) is 18.5. The third-order valence-corrected chi connectivity index (χ3v) is 4.62. The fraction of sp³-hybridized carbons (Fsp3) is 0.579. The molecule has 2 heterocycles. The third-order valence-electron chi connectivity index (χ3n) is 4.62. The molecule has 144 valence electrons. The van der Waals surface area contributed by atoms with Crippen molar-refractivity contribution in [1.82, 2.24) is 25.0 Å². The Labute approximate surface area is 173 Å². The molecule has 0 saturated carbocycles. The lowest BCUT2D eigenvalue weighted by atomic mass is 9.94. The molecule has 26 heavy (non-hydrogen) atoms. The number of aromatic nitrogens is 3. The van der Waals surface area contributed by atoms with E-state index in [1.807, 2.05) is 7.05 Å². The number of aliphatic imine (C=N–C) groups is 1. The average Bonchev–Trinajstić information content (AvgIpc) is 3.18. The first kappa shape index (κ1) is 20.8. The lowest BCUT2D eigenvalue weighted by Gasteiger charge is -2.24. The highest BCUT2D eigenvalue weighted by Gasteiger charge is 2.22. The Kier molecular flexibility index (Phi) is 7.55. The SMILES string of the molecule is CCNC(=NCc1ccn(C)c1)NC1CCc2cn(C(C)C)nc2C1.I. The largest absolute Gasteiger partial charge is 0.357 e. The van der Waals surface area contributed by atoms with E-state index in [1.165, 1.54) is 16.8 Å². The number of aryl methyl sites for hydroxylation is 2. The second-order valence-electron chi connectivity index (χ2n) is 7.14. The van der Waals surface area contributed by atoms with Crippen molar-refractivity contribution >= 4 is 29.9 Å². The second kappa shape index (κ2) is 9.43. The van der Waals surface area contributed by atoms with Crippen molar-refractivity contribution < 1.29 is 0 Å². The van der Waals surface area contributed by atoms with E-state index >= 15 is 0 Å². The highest BCUT2D eigenvalue weighted by atomic mass is 127. The van der Waals surface area contributed by atoms with Crippen molar-refractivity contribution in [2.24, 2.45) is 12.0 Å². The van der Waals surface area contributed by atoms with Crippen molar-refractivity contribution in [2.45, 2.75) is 58.7 Å². The quantitative estimate of drug-likeness (QED) is 0.401. The second-order valence-corrected chi connectivity index (χ2v) is 7.14. The molecule has 1 atom stereocenters. The number of hydrogen-bond donors (Lipinski definition) is 2. The van der Waals surface area contributed by atoms with Crippen LogP contribution in [0.5, 0.6) is 0 Å². The van der Waals surface area contributed by atoms with Crippen molar-refractivity contribution in [3.63, 3.8) is 0 Å². The summed E-state index contributed by atoms with van der Waals surface area (Å²) in [5.41, 5.74) is 3.86. The maximum atomic E-state index is 4.76. The zero-order chi connectivity index (χ0) is 17.8. The Morgan fingerprint density at radius 1 is 1.38 bits per heavy atom. The summed E-state index contributed by atoms with van der Waals surface area (Å²) >= 11 is 0. The molecule has 0 spiro atoms. The van der Waals surface area contributed by atoms with Gasteiger partial charge in [-0.2, -0.15) is 5.10 Å². The van der Waals surface area contributed by atoms with Crippen molar-refractivity contribution in [3.05, 3.63) is 41.5 Å². The van der Waals surface area contributed by atoms with Gasteiger partial charge in [0.1, 0.15) is 0 Å². The van der Waals surface area contributed by atoms with Crippen LogP contribution in [0.15, 0.2) is 29.6 Å². The molecule has 1 unspecified atom stereocenters. The molecule has 6 nitrogen and oxygen atoms in total. The number of halogens is 1. The monoisotopic (exact) mass is 470 g/mol. The van der Waals surface area contributed by atoms with Crippen LogP contribution in [-0.2, 0) is 26.4 Å². The molecular weight excluding hydrogens is 439 g/mol. The predicted molar refractivity (Wildman–Crippen MR) is 117 cm³/mol. The number of guanidine groups is 1. The van der Waals surface area contributed by atoms with Crippen LogP contribution in [0.4, 0.5) is 0 Å². The van der Waals surface area contributed by atoms with Gasteiger partial charge in [-0.3, -0.25) is 4.68 Å². The maximum Gasteiger partial charge on any atom is 0.191 e. The van der Waals surface area contributed by atoms with Crippen LogP contribution in [-0.4, -0.2) is 32.9 Å². The third kappa shape index (κ3) is 5.25. The minimum Gasteiger partial charge on any atom is -0.357 e. The van der Waals surface area contributed by atoms with Crippen molar-refractivity contribution in [3.8, 4) is 0 Å². The smallest absolute Gasteiger partial charge is 0.191 e. The van der Waals surface area contributed by atoms with Gasteiger partial charge in [0.15, 0.2) is 5.96 Å². The molecule has 1 aliphatic carbocycles. The zero-order valence-electron chi connectivity index (χ0n) is 16.2. The molecule has 7 heteroatoms. The fourth-order valence-electron chi connectivity index (χ4n) is 3.24. The van der Waals surface area contributed by atoms with E-state index in [-0.39, 0.29) is 24.0 Å². The molecule has 2 N–H and O–H groups in total. The van der Waals surface area contributed by atoms with E-state index in [4.69, 9.17) is 10.1 Å². The number of nitrogens with one attached hydrogen (secondary N) is 2.